The summed E-state index contributed by atoms with van der Waals surface area (Å²) in [6, 6.07) is 5.77. The van der Waals surface area contributed by atoms with Gasteiger partial charge in [0.25, 0.3) is 5.69 Å². The maximum absolute atomic E-state index is 13.5. The molecule has 7 nitrogen and oxygen atoms in total. The van der Waals surface area contributed by atoms with Crippen LogP contribution in [0.5, 0.6) is 0 Å². The van der Waals surface area contributed by atoms with E-state index in [2.05, 4.69) is 0 Å². The lowest BCUT2D eigenvalue weighted by atomic mass is 10.1. The Hall–Kier alpha value is -1.82. The second-order valence-electron chi connectivity index (χ2n) is 7.47. The summed E-state index contributed by atoms with van der Waals surface area (Å²) in [6.45, 7) is 9.72. The Morgan fingerprint density at radius 2 is 1.68 bits per heavy atom. The first kappa shape index (κ1) is 24.2. The molecule has 0 unspecified atom stereocenters. The van der Waals surface area contributed by atoms with Crippen LogP contribution >= 0.6 is 7.60 Å². The SMILES string of the molecule is CC(=O)/C(=C\c1cccc([N+](=O)[O-])c1)P(=O)(OCCC(C)C)OCCC(C)C. The highest BCUT2D eigenvalue weighted by atomic mass is 31.2. The van der Waals surface area contributed by atoms with Crippen molar-refractivity contribution >= 4 is 25.1 Å². The van der Waals surface area contributed by atoms with E-state index in [4.69, 9.17) is 9.05 Å². The molecule has 1 aromatic rings. The molecule has 8 heteroatoms. The average Bonchev–Trinajstić information content (AvgIpc) is 2.59. The van der Waals surface area contributed by atoms with Crippen molar-refractivity contribution < 1.29 is 23.3 Å². The molecule has 0 fully saturated rings. The minimum Gasteiger partial charge on any atom is -0.305 e. The van der Waals surface area contributed by atoms with Crippen LogP contribution in [-0.4, -0.2) is 23.9 Å². The molecule has 0 aliphatic rings. The van der Waals surface area contributed by atoms with Crippen LogP contribution < -0.4 is 0 Å². The molecule has 156 valence electrons. The van der Waals surface area contributed by atoms with E-state index >= 15 is 0 Å². The third kappa shape index (κ3) is 8.05. The topological polar surface area (TPSA) is 95.7 Å². The maximum atomic E-state index is 13.5. The molecule has 28 heavy (non-hydrogen) atoms. The first-order valence-electron chi connectivity index (χ1n) is 9.42. The Labute approximate surface area is 166 Å². The summed E-state index contributed by atoms with van der Waals surface area (Å²) in [5.41, 5.74) is 0.271. The van der Waals surface area contributed by atoms with Crippen LogP contribution in [0.3, 0.4) is 0 Å². The van der Waals surface area contributed by atoms with Gasteiger partial charge in [-0.05, 0) is 43.2 Å². The molecular formula is C20H30NO6P. The largest absolute Gasteiger partial charge is 0.364 e. The van der Waals surface area contributed by atoms with E-state index in [1.165, 1.54) is 31.2 Å². The van der Waals surface area contributed by atoms with Crippen molar-refractivity contribution in [1.82, 2.24) is 0 Å². The van der Waals surface area contributed by atoms with Crippen LogP contribution in [0.1, 0.15) is 53.0 Å². The Kier molecular flexibility index (Phi) is 9.73. The number of benzene rings is 1. The van der Waals surface area contributed by atoms with E-state index in [1.807, 2.05) is 27.7 Å². The van der Waals surface area contributed by atoms with Crippen LogP contribution in [0.15, 0.2) is 29.6 Å². The molecule has 0 atom stereocenters. The van der Waals surface area contributed by atoms with E-state index in [1.54, 1.807) is 6.07 Å². The summed E-state index contributed by atoms with van der Waals surface area (Å²) in [6.07, 6.45) is 2.69. The number of nitro benzene ring substituents is 1. The number of nitrogens with zero attached hydrogens (tertiary/aromatic N) is 1. The number of allylic oxidation sites excluding steroid dienone is 1. The highest BCUT2D eigenvalue weighted by Gasteiger charge is 2.33. The fourth-order valence-corrected chi connectivity index (χ4v) is 3.99. The first-order chi connectivity index (χ1) is 13.0. The van der Waals surface area contributed by atoms with Crippen molar-refractivity contribution in [3.8, 4) is 0 Å². The number of hydrogen-bond acceptors (Lipinski definition) is 6. The normalized spacial score (nSPS) is 12.6. The van der Waals surface area contributed by atoms with Gasteiger partial charge >= 0.3 is 7.60 Å². The van der Waals surface area contributed by atoms with Gasteiger partial charge in [-0.15, -0.1) is 0 Å². The Morgan fingerprint density at radius 1 is 1.14 bits per heavy atom. The van der Waals surface area contributed by atoms with Crippen LogP contribution in [0.25, 0.3) is 6.08 Å². The van der Waals surface area contributed by atoms with Gasteiger partial charge < -0.3 is 9.05 Å². The van der Waals surface area contributed by atoms with Crippen LogP contribution in [-0.2, 0) is 18.4 Å². The van der Waals surface area contributed by atoms with E-state index < -0.39 is 18.3 Å². The Bertz CT molecular complexity index is 739. The molecule has 0 amide bonds. The number of nitro groups is 1. The quantitative estimate of drug-likeness (QED) is 0.185. The highest BCUT2D eigenvalue weighted by Crippen LogP contribution is 2.57. The van der Waals surface area contributed by atoms with Gasteiger partial charge in [0.05, 0.1) is 18.1 Å². The average molecular weight is 411 g/mol. The second-order valence-corrected chi connectivity index (χ2v) is 9.46. The zero-order valence-electron chi connectivity index (χ0n) is 17.2. The molecular weight excluding hydrogens is 381 g/mol. The third-order valence-electron chi connectivity index (χ3n) is 3.95. The fourth-order valence-electron chi connectivity index (χ4n) is 2.25. The van der Waals surface area contributed by atoms with E-state index in [-0.39, 0.29) is 24.2 Å². The summed E-state index contributed by atoms with van der Waals surface area (Å²) in [5, 5.41) is 10.9. The van der Waals surface area contributed by atoms with Crippen LogP contribution in [0.2, 0.25) is 0 Å². The van der Waals surface area contributed by atoms with E-state index in [0.29, 0.717) is 30.2 Å². The maximum Gasteiger partial charge on any atom is 0.364 e. The summed E-state index contributed by atoms with van der Waals surface area (Å²) in [4.78, 5) is 22.7. The molecule has 1 aromatic carbocycles. The van der Waals surface area contributed by atoms with Crippen molar-refractivity contribution in [1.29, 1.82) is 0 Å². The predicted octanol–water partition coefficient (Wildman–Crippen LogP) is 5.84. The summed E-state index contributed by atoms with van der Waals surface area (Å²) in [5.74, 6) is 0.222. The van der Waals surface area contributed by atoms with Crippen LogP contribution in [0.4, 0.5) is 5.69 Å². The number of rotatable bonds is 12. The minimum absolute atomic E-state index is 0.0967. The first-order valence-corrected chi connectivity index (χ1v) is 11.0. The Morgan fingerprint density at radius 3 is 2.11 bits per heavy atom. The monoisotopic (exact) mass is 411 g/mol. The number of hydrogen-bond donors (Lipinski definition) is 0. The van der Waals surface area contributed by atoms with Crippen molar-refractivity contribution in [2.75, 3.05) is 13.2 Å². The summed E-state index contributed by atoms with van der Waals surface area (Å²) < 4.78 is 24.7. The van der Waals surface area contributed by atoms with Gasteiger partial charge in [-0.2, -0.15) is 0 Å². The van der Waals surface area contributed by atoms with Crippen molar-refractivity contribution in [3.05, 3.63) is 45.3 Å². The Balaban J connectivity index is 3.24. The molecule has 0 radical (unpaired) electrons. The molecule has 0 aromatic heterocycles. The molecule has 0 N–H and O–H groups in total. The number of ketones is 1. The van der Waals surface area contributed by atoms with Gasteiger partial charge in [-0.3, -0.25) is 19.5 Å². The number of carbonyl (C=O) groups is 1. The minimum atomic E-state index is -3.86. The van der Waals surface area contributed by atoms with Crippen molar-refractivity contribution in [2.45, 2.75) is 47.5 Å². The molecule has 0 heterocycles. The third-order valence-corrected chi connectivity index (χ3v) is 6.03. The molecule has 0 spiro atoms. The van der Waals surface area contributed by atoms with Crippen molar-refractivity contribution in [3.63, 3.8) is 0 Å². The summed E-state index contributed by atoms with van der Waals surface area (Å²) in [7, 11) is -3.86. The number of carbonyl (C=O) groups excluding carboxylic acids is 1. The molecule has 0 aliphatic carbocycles. The molecule has 0 saturated heterocycles. The highest BCUT2D eigenvalue weighted by molar-refractivity contribution is 7.60. The van der Waals surface area contributed by atoms with Gasteiger partial charge in [-0.1, -0.05) is 39.8 Å². The zero-order chi connectivity index (χ0) is 21.3. The molecule has 0 bridgehead atoms. The number of Topliss-reactive ketones (excluding diaryl/α,β-unsaturated/α-hetero) is 1. The van der Waals surface area contributed by atoms with Gasteiger partial charge in [0, 0.05) is 12.1 Å². The molecule has 0 saturated carbocycles. The van der Waals surface area contributed by atoms with Gasteiger partial charge in [-0.25, -0.2) is 0 Å². The molecule has 0 aliphatic heterocycles. The number of non-ortho nitro benzene ring substituents is 1. The predicted molar refractivity (Wildman–Crippen MR) is 110 cm³/mol. The van der Waals surface area contributed by atoms with E-state index in [9.17, 15) is 19.5 Å². The second kappa shape index (κ2) is 11.2. The zero-order valence-corrected chi connectivity index (χ0v) is 18.1. The summed E-state index contributed by atoms with van der Waals surface area (Å²) >= 11 is 0. The lowest BCUT2D eigenvalue weighted by molar-refractivity contribution is -0.384. The van der Waals surface area contributed by atoms with Crippen molar-refractivity contribution in [2.24, 2.45) is 11.8 Å². The smallest absolute Gasteiger partial charge is 0.305 e. The standard InChI is InChI=1S/C20H30NO6P/c1-15(2)9-11-26-28(25,27-12-10-16(3)4)20(17(5)22)14-18-7-6-8-19(13-18)21(23)24/h6-8,13-16H,9-12H2,1-5H3/b20-14+. The van der Waals surface area contributed by atoms with Crippen LogP contribution in [0, 0.1) is 22.0 Å². The van der Waals surface area contributed by atoms with Gasteiger partial charge in [0.1, 0.15) is 5.31 Å². The lowest BCUT2D eigenvalue weighted by Crippen LogP contribution is -2.09. The fraction of sp³-hybridized carbons (Fsp3) is 0.550. The molecule has 1 rings (SSSR count). The van der Waals surface area contributed by atoms with Gasteiger partial charge in [0.2, 0.25) is 0 Å². The van der Waals surface area contributed by atoms with Gasteiger partial charge in [0.15, 0.2) is 5.78 Å². The lowest BCUT2D eigenvalue weighted by Gasteiger charge is -2.21. The van der Waals surface area contributed by atoms with E-state index in [0.717, 1.165) is 0 Å².